The number of aromatic carboxylic acids is 1. The molecule has 0 saturated carbocycles. The third-order valence-corrected chi connectivity index (χ3v) is 2.24. The second-order valence-electron chi connectivity index (χ2n) is 3.51. The lowest BCUT2D eigenvalue weighted by atomic mass is 10.2. The molecule has 2 N–H and O–H groups in total. The first kappa shape index (κ1) is 11.8. The van der Waals surface area contributed by atoms with Crippen LogP contribution in [-0.2, 0) is 0 Å². The van der Waals surface area contributed by atoms with Gasteiger partial charge in [-0.15, -0.1) is 0 Å². The molecule has 0 spiro atoms. The van der Waals surface area contributed by atoms with Crippen LogP contribution < -0.4 is 5.43 Å². The minimum atomic E-state index is -0.991. The Kier molecular flexibility index (Phi) is 3.66. The second-order valence-corrected chi connectivity index (χ2v) is 3.51. The molecule has 90 valence electrons. The maximum Gasteiger partial charge on any atom is 0.337 e. The van der Waals surface area contributed by atoms with E-state index in [2.05, 4.69) is 15.5 Å². The SMILES string of the molecule is O=C(O)c1ccccc1N/N=C/c1cccnc1. The number of aromatic nitrogens is 1. The van der Waals surface area contributed by atoms with E-state index in [9.17, 15) is 4.79 Å². The molecule has 0 unspecified atom stereocenters. The van der Waals surface area contributed by atoms with Crippen molar-refractivity contribution in [1.82, 2.24) is 4.98 Å². The van der Waals surface area contributed by atoms with Crippen LogP contribution in [0.25, 0.3) is 0 Å². The molecule has 2 aromatic rings. The van der Waals surface area contributed by atoms with Gasteiger partial charge in [-0.25, -0.2) is 4.79 Å². The number of pyridine rings is 1. The lowest BCUT2D eigenvalue weighted by Gasteiger charge is -2.03. The van der Waals surface area contributed by atoms with Crippen LogP contribution in [0.1, 0.15) is 15.9 Å². The second kappa shape index (κ2) is 5.58. The number of carboxylic acid groups (broad SMARTS) is 1. The Morgan fingerprint density at radius 3 is 2.83 bits per heavy atom. The molecule has 5 nitrogen and oxygen atoms in total. The molecule has 0 atom stereocenters. The highest BCUT2D eigenvalue weighted by Crippen LogP contribution is 2.14. The predicted molar refractivity (Wildman–Crippen MR) is 68.9 cm³/mol. The number of nitrogens with zero attached hydrogens (tertiary/aromatic N) is 2. The summed E-state index contributed by atoms with van der Waals surface area (Å²) in [6.45, 7) is 0. The molecule has 0 aliphatic carbocycles. The highest BCUT2D eigenvalue weighted by molar-refractivity contribution is 5.94. The Balaban J connectivity index is 2.11. The number of hydrogen-bond donors (Lipinski definition) is 2. The van der Waals surface area contributed by atoms with Crippen molar-refractivity contribution in [2.24, 2.45) is 5.10 Å². The van der Waals surface area contributed by atoms with Gasteiger partial charge < -0.3 is 5.11 Å². The molecule has 1 aromatic carbocycles. The summed E-state index contributed by atoms with van der Waals surface area (Å²) in [4.78, 5) is 14.9. The van der Waals surface area contributed by atoms with Gasteiger partial charge in [0.25, 0.3) is 0 Å². The number of carbonyl (C=O) groups is 1. The minimum absolute atomic E-state index is 0.181. The van der Waals surface area contributed by atoms with Gasteiger partial charge in [-0.1, -0.05) is 18.2 Å². The molecule has 18 heavy (non-hydrogen) atoms. The van der Waals surface area contributed by atoms with Crippen LogP contribution in [0.3, 0.4) is 0 Å². The first-order chi connectivity index (χ1) is 8.77. The van der Waals surface area contributed by atoms with Crippen molar-refractivity contribution in [3.05, 3.63) is 59.9 Å². The largest absolute Gasteiger partial charge is 0.478 e. The molecule has 0 bridgehead atoms. The summed E-state index contributed by atoms with van der Waals surface area (Å²) in [7, 11) is 0. The van der Waals surface area contributed by atoms with Crippen molar-refractivity contribution < 1.29 is 9.90 Å². The number of hydrogen-bond acceptors (Lipinski definition) is 4. The fourth-order valence-corrected chi connectivity index (χ4v) is 1.40. The quantitative estimate of drug-likeness (QED) is 0.635. The zero-order chi connectivity index (χ0) is 12.8. The van der Waals surface area contributed by atoms with E-state index in [1.807, 2.05) is 6.07 Å². The number of benzene rings is 1. The Morgan fingerprint density at radius 2 is 2.11 bits per heavy atom. The monoisotopic (exact) mass is 241 g/mol. The van der Waals surface area contributed by atoms with E-state index in [1.54, 1.807) is 42.9 Å². The molecule has 0 radical (unpaired) electrons. The van der Waals surface area contributed by atoms with Gasteiger partial charge in [0.2, 0.25) is 0 Å². The molecule has 5 heteroatoms. The van der Waals surface area contributed by atoms with Crippen molar-refractivity contribution in [2.45, 2.75) is 0 Å². The lowest BCUT2D eigenvalue weighted by molar-refractivity contribution is 0.0698. The third-order valence-electron chi connectivity index (χ3n) is 2.24. The summed E-state index contributed by atoms with van der Waals surface area (Å²) < 4.78 is 0. The van der Waals surface area contributed by atoms with Gasteiger partial charge in [-0.2, -0.15) is 5.10 Å². The van der Waals surface area contributed by atoms with E-state index in [1.165, 1.54) is 6.07 Å². The first-order valence-electron chi connectivity index (χ1n) is 5.29. The fraction of sp³-hybridized carbons (Fsp3) is 0. The zero-order valence-corrected chi connectivity index (χ0v) is 9.45. The Hall–Kier alpha value is -2.69. The average Bonchev–Trinajstić information content (AvgIpc) is 2.40. The molecule has 0 aliphatic rings. The van der Waals surface area contributed by atoms with Crippen LogP contribution in [-0.4, -0.2) is 22.3 Å². The van der Waals surface area contributed by atoms with E-state index in [0.29, 0.717) is 5.69 Å². The van der Waals surface area contributed by atoms with Gasteiger partial charge in [-0.05, 0) is 18.2 Å². The van der Waals surface area contributed by atoms with Crippen LogP contribution >= 0.6 is 0 Å². The van der Waals surface area contributed by atoms with Gasteiger partial charge >= 0.3 is 5.97 Å². The average molecular weight is 241 g/mol. The summed E-state index contributed by atoms with van der Waals surface area (Å²) in [5.74, 6) is -0.991. The molecular formula is C13H11N3O2. The molecular weight excluding hydrogens is 230 g/mol. The molecule has 1 aromatic heterocycles. The van der Waals surface area contributed by atoms with Gasteiger partial charge in [0.1, 0.15) is 0 Å². The van der Waals surface area contributed by atoms with Crippen molar-refractivity contribution in [1.29, 1.82) is 0 Å². The lowest BCUT2D eigenvalue weighted by Crippen LogP contribution is -2.02. The van der Waals surface area contributed by atoms with E-state index in [-0.39, 0.29) is 5.56 Å². The van der Waals surface area contributed by atoms with E-state index < -0.39 is 5.97 Å². The normalized spacial score (nSPS) is 10.4. The highest BCUT2D eigenvalue weighted by atomic mass is 16.4. The van der Waals surface area contributed by atoms with Crippen molar-refractivity contribution >= 4 is 17.9 Å². The standard InChI is InChI=1S/C13H11N3O2/c17-13(18)11-5-1-2-6-12(11)16-15-9-10-4-3-7-14-8-10/h1-9,16H,(H,17,18)/b15-9+. The van der Waals surface area contributed by atoms with Crippen molar-refractivity contribution in [3.63, 3.8) is 0 Å². The number of rotatable bonds is 4. The van der Waals surface area contributed by atoms with Crippen LogP contribution in [0, 0.1) is 0 Å². The fourth-order valence-electron chi connectivity index (χ4n) is 1.40. The zero-order valence-electron chi connectivity index (χ0n) is 9.45. The Labute approximate surface area is 104 Å². The van der Waals surface area contributed by atoms with Gasteiger partial charge in [0.15, 0.2) is 0 Å². The van der Waals surface area contributed by atoms with E-state index in [4.69, 9.17) is 5.11 Å². The van der Waals surface area contributed by atoms with Gasteiger partial charge in [0.05, 0.1) is 17.5 Å². The van der Waals surface area contributed by atoms with E-state index >= 15 is 0 Å². The smallest absolute Gasteiger partial charge is 0.337 e. The molecule has 0 aliphatic heterocycles. The molecule has 1 heterocycles. The predicted octanol–water partition coefficient (Wildman–Crippen LogP) is 2.23. The summed E-state index contributed by atoms with van der Waals surface area (Å²) >= 11 is 0. The van der Waals surface area contributed by atoms with Crippen LogP contribution in [0.2, 0.25) is 0 Å². The molecule has 0 fully saturated rings. The van der Waals surface area contributed by atoms with Crippen LogP contribution in [0.4, 0.5) is 5.69 Å². The van der Waals surface area contributed by atoms with Crippen molar-refractivity contribution in [3.8, 4) is 0 Å². The Morgan fingerprint density at radius 1 is 1.28 bits per heavy atom. The molecule has 2 rings (SSSR count). The number of hydrazone groups is 1. The minimum Gasteiger partial charge on any atom is -0.478 e. The first-order valence-corrected chi connectivity index (χ1v) is 5.29. The highest BCUT2D eigenvalue weighted by Gasteiger charge is 2.07. The van der Waals surface area contributed by atoms with Crippen LogP contribution in [0.15, 0.2) is 53.9 Å². The van der Waals surface area contributed by atoms with Crippen molar-refractivity contribution in [2.75, 3.05) is 5.43 Å². The van der Waals surface area contributed by atoms with Gasteiger partial charge in [0, 0.05) is 18.0 Å². The van der Waals surface area contributed by atoms with Gasteiger partial charge in [-0.3, -0.25) is 10.4 Å². The maximum absolute atomic E-state index is 11.0. The summed E-state index contributed by atoms with van der Waals surface area (Å²) in [6.07, 6.45) is 4.91. The number of nitrogens with one attached hydrogen (secondary N) is 1. The van der Waals surface area contributed by atoms with E-state index in [0.717, 1.165) is 5.56 Å². The number of para-hydroxylation sites is 1. The Bertz CT molecular complexity index is 567. The molecule has 0 saturated heterocycles. The third kappa shape index (κ3) is 2.91. The number of carboxylic acids is 1. The number of anilines is 1. The maximum atomic E-state index is 11.0. The summed E-state index contributed by atoms with van der Waals surface area (Å²) in [6, 6.07) is 10.2. The topological polar surface area (TPSA) is 74.6 Å². The molecule has 0 amide bonds. The summed E-state index contributed by atoms with van der Waals surface area (Å²) in [5.41, 5.74) is 4.17. The summed E-state index contributed by atoms with van der Waals surface area (Å²) in [5, 5.41) is 13.0. The van der Waals surface area contributed by atoms with Crippen LogP contribution in [0.5, 0.6) is 0 Å².